The molecule has 72 heavy (non-hydrogen) atoms. The number of carbonyl (C=O) groups is 3. The van der Waals surface area contributed by atoms with Gasteiger partial charge in [-0.3, -0.25) is 14.4 Å². The third kappa shape index (κ3) is 57.2. The summed E-state index contributed by atoms with van der Waals surface area (Å²) in [6.45, 7) is 6.40. The van der Waals surface area contributed by atoms with Gasteiger partial charge in [0.15, 0.2) is 6.10 Å². The van der Waals surface area contributed by atoms with Gasteiger partial charge in [0.25, 0.3) is 0 Å². The molecule has 0 rings (SSSR count). The quantitative estimate of drug-likeness (QED) is 0.0261. The van der Waals surface area contributed by atoms with Crippen molar-refractivity contribution in [3.8, 4) is 0 Å². The molecule has 0 saturated carbocycles. The molecule has 0 aromatic carbocycles. The molecule has 0 aliphatic heterocycles. The SMILES string of the molecule is CC/C=C\C/C=C\C/C=C\C/C=C\CCCCCCCCCCCCC(=O)OCC(COC(=O)CCCC/C=C\C/C=C\C/C=C\C/C=C\CC)OC(=O)CCCCCCCCCCCCCCCCCC. The van der Waals surface area contributed by atoms with Crippen LogP contribution in [0, 0.1) is 0 Å². The van der Waals surface area contributed by atoms with Crippen molar-refractivity contribution in [2.45, 2.75) is 290 Å². The highest BCUT2D eigenvalue weighted by Gasteiger charge is 2.19. The second kappa shape index (κ2) is 59.9. The summed E-state index contributed by atoms with van der Waals surface area (Å²) in [4.78, 5) is 38.2. The Bertz CT molecular complexity index is 1430. The van der Waals surface area contributed by atoms with E-state index in [-0.39, 0.29) is 31.1 Å². The van der Waals surface area contributed by atoms with Gasteiger partial charge in [0.1, 0.15) is 13.2 Å². The molecule has 0 aliphatic rings. The molecule has 0 bridgehead atoms. The predicted molar refractivity (Wildman–Crippen MR) is 311 cm³/mol. The van der Waals surface area contributed by atoms with Crippen molar-refractivity contribution in [3.63, 3.8) is 0 Å². The van der Waals surface area contributed by atoms with Crippen LogP contribution in [0.2, 0.25) is 0 Å². The molecule has 0 heterocycles. The zero-order valence-corrected chi connectivity index (χ0v) is 47.2. The molecule has 0 aromatic heterocycles. The van der Waals surface area contributed by atoms with Crippen LogP contribution in [-0.4, -0.2) is 37.2 Å². The molecule has 0 amide bonds. The van der Waals surface area contributed by atoms with Crippen molar-refractivity contribution < 1.29 is 28.6 Å². The van der Waals surface area contributed by atoms with Crippen molar-refractivity contribution in [1.29, 1.82) is 0 Å². The zero-order valence-electron chi connectivity index (χ0n) is 47.2. The third-order valence-electron chi connectivity index (χ3n) is 12.8. The average Bonchev–Trinajstić information content (AvgIpc) is 3.38. The van der Waals surface area contributed by atoms with Gasteiger partial charge in [-0.1, -0.05) is 266 Å². The van der Waals surface area contributed by atoms with E-state index in [0.717, 1.165) is 109 Å². The monoisotopic (exact) mass is 1000 g/mol. The van der Waals surface area contributed by atoms with E-state index in [9.17, 15) is 14.4 Å². The molecule has 0 radical (unpaired) electrons. The summed E-state index contributed by atoms with van der Waals surface area (Å²) in [7, 11) is 0. The lowest BCUT2D eigenvalue weighted by Crippen LogP contribution is -2.30. The number of hydrogen-bond donors (Lipinski definition) is 0. The van der Waals surface area contributed by atoms with Crippen LogP contribution in [0.4, 0.5) is 0 Å². The first-order valence-electron chi connectivity index (χ1n) is 30.2. The van der Waals surface area contributed by atoms with E-state index >= 15 is 0 Å². The van der Waals surface area contributed by atoms with Crippen LogP contribution >= 0.6 is 0 Å². The van der Waals surface area contributed by atoms with Crippen LogP contribution < -0.4 is 0 Å². The van der Waals surface area contributed by atoms with Gasteiger partial charge in [-0.05, 0) is 96.3 Å². The maximum Gasteiger partial charge on any atom is 0.306 e. The molecular formula is C66H112O6. The second-order valence-electron chi connectivity index (χ2n) is 19.9. The van der Waals surface area contributed by atoms with E-state index < -0.39 is 6.10 Å². The molecule has 0 N–H and O–H groups in total. The summed E-state index contributed by atoms with van der Waals surface area (Å²) in [6.07, 6.45) is 79.8. The van der Waals surface area contributed by atoms with E-state index in [1.807, 2.05) is 0 Å². The lowest BCUT2D eigenvalue weighted by Gasteiger charge is -2.18. The Balaban J connectivity index is 4.38. The Morgan fingerprint density at radius 3 is 0.875 bits per heavy atom. The first-order valence-corrected chi connectivity index (χ1v) is 30.2. The fourth-order valence-electron chi connectivity index (χ4n) is 8.37. The first kappa shape index (κ1) is 68.3. The normalized spacial score (nSPS) is 12.8. The highest BCUT2D eigenvalue weighted by atomic mass is 16.6. The minimum atomic E-state index is -0.796. The van der Waals surface area contributed by atoms with E-state index in [4.69, 9.17) is 14.2 Å². The van der Waals surface area contributed by atoms with Gasteiger partial charge in [0.2, 0.25) is 0 Å². The number of carbonyl (C=O) groups excluding carboxylic acids is 3. The highest BCUT2D eigenvalue weighted by molar-refractivity contribution is 5.71. The molecule has 1 atom stereocenters. The molecule has 1 unspecified atom stereocenters. The fourth-order valence-corrected chi connectivity index (χ4v) is 8.37. The van der Waals surface area contributed by atoms with Crippen molar-refractivity contribution in [3.05, 3.63) is 97.2 Å². The van der Waals surface area contributed by atoms with E-state index in [2.05, 4.69) is 118 Å². The zero-order chi connectivity index (χ0) is 52.2. The summed E-state index contributed by atoms with van der Waals surface area (Å²) >= 11 is 0. The van der Waals surface area contributed by atoms with Crippen molar-refractivity contribution in [2.75, 3.05) is 13.2 Å². The Hall–Kier alpha value is -3.67. The summed E-state index contributed by atoms with van der Waals surface area (Å²) in [5, 5.41) is 0. The standard InChI is InChI=1S/C66H112O6/c1-4-7-10-13-16-19-22-25-28-30-31-32-33-34-35-36-39-41-44-47-50-53-56-59-65(68)71-62-63(61-70-64(67)58-55-52-49-46-43-40-37-27-24-21-18-15-12-9-6-3)72-66(69)60-57-54-51-48-45-42-38-29-26-23-20-17-14-11-8-5-2/h7,9-10,12,16,18-19,21,25,27-28,31-32,37,43,46,63H,4-6,8,11,13-15,17,20,22-24,26,29-30,33-36,38-42,44-45,47-62H2,1-3H3/b10-7-,12-9-,19-16-,21-18-,28-25-,32-31-,37-27-,46-43-. The van der Waals surface area contributed by atoms with Crippen molar-refractivity contribution in [1.82, 2.24) is 0 Å². The molecule has 0 saturated heterocycles. The number of rotatable bonds is 54. The average molecular weight is 1000 g/mol. The van der Waals surface area contributed by atoms with E-state index in [1.165, 1.54) is 135 Å². The predicted octanol–water partition coefficient (Wildman–Crippen LogP) is 20.5. The Morgan fingerprint density at radius 2 is 0.542 bits per heavy atom. The number of ether oxygens (including phenoxy) is 3. The molecule has 0 fully saturated rings. The van der Waals surface area contributed by atoms with Crippen LogP contribution in [0.25, 0.3) is 0 Å². The van der Waals surface area contributed by atoms with Crippen molar-refractivity contribution in [2.24, 2.45) is 0 Å². The van der Waals surface area contributed by atoms with Gasteiger partial charge in [-0.25, -0.2) is 0 Å². The molecule has 6 nitrogen and oxygen atoms in total. The van der Waals surface area contributed by atoms with Gasteiger partial charge in [0.05, 0.1) is 0 Å². The highest BCUT2D eigenvalue weighted by Crippen LogP contribution is 2.16. The minimum absolute atomic E-state index is 0.0912. The smallest absolute Gasteiger partial charge is 0.306 e. The molecular weight excluding hydrogens is 889 g/mol. The number of hydrogen-bond acceptors (Lipinski definition) is 6. The lowest BCUT2D eigenvalue weighted by atomic mass is 10.0. The lowest BCUT2D eigenvalue weighted by molar-refractivity contribution is -0.167. The number of allylic oxidation sites excluding steroid dienone is 16. The Kier molecular flexibility index (Phi) is 56.8. The molecule has 6 heteroatoms. The maximum atomic E-state index is 12.9. The second-order valence-corrected chi connectivity index (χ2v) is 19.9. The van der Waals surface area contributed by atoms with Crippen LogP contribution in [0.3, 0.4) is 0 Å². The van der Waals surface area contributed by atoms with Crippen LogP contribution in [-0.2, 0) is 28.6 Å². The largest absolute Gasteiger partial charge is 0.462 e. The fraction of sp³-hybridized carbons (Fsp3) is 0.712. The number of esters is 3. The van der Waals surface area contributed by atoms with Gasteiger partial charge >= 0.3 is 17.9 Å². The summed E-state index contributed by atoms with van der Waals surface area (Å²) in [6, 6.07) is 0. The molecule has 0 aromatic rings. The molecule has 0 spiro atoms. The summed E-state index contributed by atoms with van der Waals surface area (Å²) < 4.78 is 16.9. The number of unbranched alkanes of at least 4 members (excludes halogenated alkanes) is 27. The third-order valence-corrected chi connectivity index (χ3v) is 12.8. The van der Waals surface area contributed by atoms with Crippen LogP contribution in [0.1, 0.15) is 284 Å². The van der Waals surface area contributed by atoms with Gasteiger partial charge < -0.3 is 14.2 Å². The van der Waals surface area contributed by atoms with Gasteiger partial charge in [-0.2, -0.15) is 0 Å². The van der Waals surface area contributed by atoms with Crippen LogP contribution in [0.5, 0.6) is 0 Å². The minimum Gasteiger partial charge on any atom is -0.462 e. The van der Waals surface area contributed by atoms with Gasteiger partial charge in [0, 0.05) is 19.3 Å². The van der Waals surface area contributed by atoms with Crippen molar-refractivity contribution >= 4 is 17.9 Å². The van der Waals surface area contributed by atoms with Gasteiger partial charge in [-0.15, -0.1) is 0 Å². The molecule has 0 aliphatic carbocycles. The Labute approximate surface area is 445 Å². The maximum absolute atomic E-state index is 12.9. The summed E-state index contributed by atoms with van der Waals surface area (Å²) in [5.41, 5.74) is 0. The first-order chi connectivity index (χ1) is 35.5. The topological polar surface area (TPSA) is 78.9 Å². The van der Waals surface area contributed by atoms with E-state index in [0.29, 0.717) is 19.3 Å². The Morgan fingerprint density at radius 1 is 0.292 bits per heavy atom. The van der Waals surface area contributed by atoms with Crippen LogP contribution in [0.15, 0.2) is 97.2 Å². The summed E-state index contributed by atoms with van der Waals surface area (Å²) in [5.74, 6) is -0.929. The van der Waals surface area contributed by atoms with E-state index in [1.54, 1.807) is 0 Å². The molecule has 412 valence electrons.